The van der Waals surface area contributed by atoms with Gasteiger partial charge in [0.1, 0.15) is 0 Å². The van der Waals surface area contributed by atoms with E-state index in [4.69, 9.17) is 5.11 Å². The minimum absolute atomic E-state index is 0.0238. The number of hydrogen-bond acceptors (Lipinski definition) is 3. The summed E-state index contributed by atoms with van der Waals surface area (Å²) in [5.74, 6) is 5.67. The Balaban J connectivity index is 1.74. The fraction of sp³-hybridized carbons (Fsp3) is 0.412. The molecule has 21 heavy (non-hydrogen) atoms. The van der Waals surface area contributed by atoms with E-state index < -0.39 is 0 Å². The standard InChI is InChI=1S/C17H17NO3/c1-11(18-16(20)14-10-15(14)17(18)21)13-7-5-12(6-8-13)4-2-3-9-19/h5-8,11,14-15,19H,3,9-10H2,1H3. The van der Waals surface area contributed by atoms with Gasteiger partial charge in [-0.3, -0.25) is 14.5 Å². The normalized spacial score (nSPS) is 24.4. The molecule has 4 nitrogen and oxygen atoms in total. The number of amides is 2. The number of hydrogen-bond donors (Lipinski definition) is 1. The molecule has 0 aromatic heterocycles. The maximum Gasteiger partial charge on any atom is 0.233 e. The van der Waals surface area contributed by atoms with E-state index in [1.165, 1.54) is 4.90 Å². The maximum atomic E-state index is 12.1. The summed E-state index contributed by atoms with van der Waals surface area (Å²) in [6.07, 6.45) is 1.19. The molecule has 2 aliphatic rings. The summed E-state index contributed by atoms with van der Waals surface area (Å²) < 4.78 is 0. The van der Waals surface area contributed by atoms with Gasteiger partial charge in [0.2, 0.25) is 11.8 Å². The average Bonchev–Trinajstić information content (AvgIpc) is 3.24. The van der Waals surface area contributed by atoms with Gasteiger partial charge in [0.05, 0.1) is 24.5 Å². The van der Waals surface area contributed by atoms with Crippen molar-refractivity contribution in [1.82, 2.24) is 4.90 Å². The lowest BCUT2D eigenvalue weighted by atomic mass is 10.0. The van der Waals surface area contributed by atoms with Gasteiger partial charge in [-0.1, -0.05) is 24.0 Å². The Morgan fingerprint density at radius 3 is 2.43 bits per heavy atom. The summed E-state index contributed by atoms with van der Waals surface area (Å²) in [7, 11) is 0. The molecule has 0 radical (unpaired) electrons. The van der Waals surface area contributed by atoms with Gasteiger partial charge in [0.15, 0.2) is 0 Å². The second-order valence-corrected chi connectivity index (χ2v) is 5.57. The number of piperidine rings is 1. The average molecular weight is 283 g/mol. The third-order valence-corrected chi connectivity index (χ3v) is 4.15. The summed E-state index contributed by atoms with van der Waals surface area (Å²) in [4.78, 5) is 25.6. The first-order chi connectivity index (χ1) is 10.1. The van der Waals surface area contributed by atoms with Gasteiger partial charge >= 0.3 is 0 Å². The second kappa shape index (κ2) is 5.34. The molecule has 1 N–H and O–H groups in total. The molecule has 1 heterocycles. The predicted octanol–water partition coefficient (Wildman–Crippen LogP) is 1.49. The minimum Gasteiger partial charge on any atom is -0.395 e. The zero-order chi connectivity index (χ0) is 15.0. The number of carbonyl (C=O) groups is 2. The van der Waals surface area contributed by atoms with E-state index in [-0.39, 0.29) is 36.3 Å². The molecule has 0 bridgehead atoms. The van der Waals surface area contributed by atoms with Crippen molar-refractivity contribution in [3.63, 3.8) is 0 Å². The molecule has 0 spiro atoms. The van der Waals surface area contributed by atoms with Crippen molar-refractivity contribution >= 4 is 11.8 Å². The molecule has 1 aromatic rings. The van der Waals surface area contributed by atoms with Crippen molar-refractivity contribution in [2.45, 2.75) is 25.8 Å². The number of benzene rings is 1. The van der Waals surface area contributed by atoms with Gasteiger partial charge in [-0.05, 0) is 31.0 Å². The van der Waals surface area contributed by atoms with Gasteiger partial charge < -0.3 is 5.11 Å². The van der Waals surface area contributed by atoms with Gasteiger partial charge in [0.25, 0.3) is 0 Å². The van der Waals surface area contributed by atoms with Crippen LogP contribution in [0, 0.1) is 23.7 Å². The lowest BCUT2D eigenvalue weighted by molar-refractivity contribution is -0.143. The van der Waals surface area contributed by atoms with Gasteiger partial charge in [-0.2, -0.15) is 0 Å². The van der Waals surface area contributed by atoms with Crippen LogP contribution in [0.2, 0.25) is 0 Å². The van der Waals surface area contributed by atoms with Crippen LogP contribution in [0.3, 0.4) is 0 Å². The van der Waals surface area contributed by atoms with Gasteiger partial charge in [-0.15, -0.1) is 0 Å². The Labute approximate surface area is 123 Å². The summed E-state index contributed by atoms with van der Waals surface area (Å²) in [5.41, 5.74) is 1.80. The van der Waals surface area contributed by atoms with Crippen LogP contribution in [-0.2, 0) is 9.59 Å². The zero-order valence-electron chi connectivity index (χ0n) is 11.9. The Morgan fingerprint density at radius 1 is 1.24 bits per heavy atom. The molecule has 1 saturated heterocycles. The van der Waals surface area contributed by atoms with E-state index >= 15 is 0 Å². The molecular weight excluding hydrogens is 266 g/mol. The number of rotatable bonds is 3. The SMILES string of the molecule is CC(c1ccc(C#CCCO)cc1)N1C(=O)C2CC2C1=O. The van der Waals surface area contributed by atoms with Crippen LogP contribution in [-0.4, -0.2) is 28.4 Å². The van der Waals surface area contributed by atoms with E-state index in [1.54, 1.807) is 0 Å². The van der Waals surface area contributed by atoms with Crippen molar-refractivity contribution in [2.24, 2.45) is 11.8 Å². The summed E-state index contributed by atoms with van der Waals surface area (Å²) in [6.45, 7) is 1.94. The monoisotopic (exact) mass is 283 g/mol. The third kappa shape index (κ3) is 2.45. The maximum absolute atomic E-state index is 12.1. The number of fused-ring (bicyclic) bond motifs is 1. The predicted molar refractivity (Wildman–Crippen MR) is 76.9 cm³/mol. The highest BCUT2D eigenvalue weighted by Gasteiger charge is 2.59. The highest BCUT2D eigenvalue weighted by molar-refractivity contribution is 6.09. The van der Waals surface area contributed by atoms with E-state index in [1.807, 2.05) is 31.2 Å². The largest absolute Gasteiger partial charge is 0.395 e. The molecule has 1 aliphatic carbocycles. The number of carbonyl (C=O) groups excluding carboxylic acids is 2. The number of aliphatic hydroxyl groups is 1. The highest BCUT2D eigenvalue weighted by atomic mass is 16.3. The Morgan fingerprint density at radius 2 is 1.86 bits per heavy atom. The highest BCUT2D eigenvalue weighted by Crippen LogP contribution is 2.49. The second-order valence-electron chi connectivity index (χ2n) is 5.57. The van der Waals surface area contributed by atoms with E-state index in [0.29, 0.717) is 6.42 Å². The lowest BCUT2D eigenvalue weighted by Gasteiger charge is -2.24. The molecule has 1 aromatic carbocycles. The molecule has 1 saturated carbocycles. The number of nitrogens with zero attached hydrogens (tertiary/aromatic N) is 1. The van der Waals surface area contributed by atoms with Crippen LogP contribution in [0.1, 0.15) is 36.9 Å². The number of likely N-dealkylation sites (tertiary alicyclic amines) is 1. The zero-order valence-corrected chi connectivity index (χ0v) is 11.9. The van der Waals surface area contributed by atoms with Crippen molar-refractivity contribution in [1.29, 1.82) is 0 Å². The minimum atomic E-state index is -0.225. The third-order valence-electron chi connectivity index (χ3n) is 4.15. The summed E-state index contributed by atoms with van der Waals surface area (Å²) >= 11 is 0. The van der Waals surface area contributed by atoms with Gasteiger partial charge in [-0.25, -0.2) is 0 Å². The van der Waals surface area contributed by atoms with Crippen LogP contribution in [0.4, 0.5) is 0 Å². The van der Waals surface area contributed by atoms with E-state index in [0.717, 1.165) is 17.5 Å². The molecule has 3 atom stereocenters. The summed E-state index contributed by atoms with van der Waals surface area (Å²) in [6, 6.07) is 7.33. The first-order valence-electron chi connectivity index (χ1n) is 7.20. The molecule has 4 heteroatoms. The van der Waals surface area contributed by atoms with Crippen molar-refractivity contribution < 1.29 is 14.7 Å². The van der Waals surface area contributed by atoms with Crippen LogP contribution in [0.15, 0.2) is 24.3 Å². The van der Waals surface area contributed by atoms with Crippen LogP contribution >= 0.6 is 0 Å². The Kier molecular flexibility index (Phi) is 3.52. The van der Waals surface area contributed by atoms with Crippen molar-refractivity contribution in [3.05, 3.63) is 35.4 Å². The Hall–Kier alpha value is -2.12. The first-order valence-corrected chi connectivity index (χ1v) is 7.20. The van der Waals surface area contributed by atoms with Gasteiger partial charge in [0, 0.05) is 12.0 Å². The summed E-state index contributed by atoms with van der Waals surface area (Å²) in [5, 5.41) is 8.69. The van der Waals surface area contributed by atoms with Crippen LogP contribution in [0.5, 0.6) is 0 Å². The van der Waals surface area contributed by atoms with Crippen molar-refractivity contribution in [2.75, 3.05) is 6.61 Å². The molecule has 3 unspecified atom stereocenters. The van der Waals surface area contributed by atoms with Crippen LogP contribution in [0.25, 0.3) is 0 Å². The quantitative estimate of drug-likeness (QED) is 0.675. The lowest BCUT2D eigenvalue weighted by Crippen LogP contribution is -2.35. The molecule has 108 valence electrons. The fourth-order valence-corrected chi connectivity index (χ4v) is 2.80. The smallest absolute Gasteiger partial charge is 0.233 e. The topological polar surface area (TPSA) is 57.6 Å². The van der Waals surface area contributed by atoms with E-state index in [2.05, 4.69) is 11.8 Å². The van der Waals surface area contributed by atoms with Crippen molar-refractivity contribution in [3.8, 4) is 11.8 Å². The fourth-order valence-electron chi connectivity index (χ4n) is 2.80. The van der Waals surface area contributed by atoms with Crippen LogP contribution < -0.4 is 0 Å². The molecule has 1 aliphatic heterocycles. The first kappa shape index (κ1) is 13.8. The molecule has 2 amide bonds. The van der Waals surface area contributed by atoms with E-state index in [9.17, 15) is 9.59 Å². The molecular formula is C17H17NO3. The molecule has 3 rings (SSSR count). The molecule has 2 fully saturated rings. The number of aliphatic hydroxyl groups excluding tert-OH is 1. The number of imide groups is 1. The Bertz CT molecular complexity index is 618.